The first-order valence-electron chi connectivity index (χ1n) is 5.69. The van der Waals surface area contributed by atoms with Gasteiger partial charge in [0.15, 0.2) is 0 Å². The molecule has 0 saturated carbocycles. The van der Waals surface area contributed by atoms with Gasteiger partial charge in [0.05, 0.1) is 0 Å². The summed E-state index contributed by atoms with van der Waals surface area (Å²) in [6.45, 7) is 12.3. The van der Waals surface area contributed by atoms with Gasteiger partial charge in [0.25, 0.3) is 0 Å². The molecule has 0 radical (unpaired) electrons. The molecule has 0 aromatic heterocycles. The van der Waals surface area contributed by atoms with Crippen molar-refractivity contribution in [2.75, 3.05) is 0 Å². The minimum absolute atomic E-state index is 0.233. The van der Waals surface area contributed by atoms with Gasteiger partial charge in [-0.15, -0.1) is 0 Å². The van der Waals surface area contributed by atoms with Crippen molar-refractivity contribution in [1.82, 2.24) is 0 Å². The van der Waals surface area contributed by atoms with Crippen LogP contribution in [0.5, 0.6) is 0 Å². The van der Waals surface area contributed by atoms with Gasteiger partial charge in [-0.1, -0.05) is 18.7 Å². The van der Waals surface area contributed by atoms with Gasteiger partial charge in [-0.25, -0.2) is 0 Å². The normalized spacial score (nSPS) is 26.6. The summed E-state index contributed by atoms with van der Waals surface area (Å²) in [4.78, 5) is 22.0. The standard InChI is InChI=1S/C14H18O4/c1-8(2)14-9(3)12(17-10(4)15)6-7-13(14)18-11(5)16/h6-7,12-14H,1,3H2,2,4-5H3/t12-,13+,14-/m0/s1. The van der Waals surface area contributed by atoms with Crippen LogP contribution in [0.4, 0.5) is 0 Å². The summed E-state index contributed by atoms with van der Waals surface area (Å²) in [7, 11) is 0. The molecule has 1 aliphatic rings. The molecule has 0 aromatic rings. The number of ether oxygens (including phenoxy) is 2. The first-order chi connectivity index (χ1) is 8.32. The Morgan fingerprint density at radius 2 is 1.67 bits per heavy atom. The third-order valence-electron chi connectivity index (χ3n) is 2.69. The Labute approximate surface area is 107 Å². The van der Waals surface area contributed by atoms with Gasteiger partial charge in [-0.3, -0.25) is 9.59 Å². The van der Waals surface area contributed by atoms with E-state index in [0.29, 0.717) is 5.57 Å². The first kappa shape index (κ1) is 14.2. The summed E-state index contributed by atoms with van der Waals surface area (Å²) >= 11 is 0. The quantitative estimate of drug-likeness (QED) is 0.569. The molecule has 0 fully saturated rings. The zero-order valence-corrected chi connectivity index (χ0v) is 10.9. The van der Waals surface area contributed by atoms with Crippen LogP contribution in [0.1, 0.15) is 20.8 Å². The second-order valence-electron chi connectivity index (χ2n) is 4.39. The van der Waals surface area contributed by atoms with E-state index < -0.39 is 12.2 Å². The highest BCUT2D eigenvalue weighted by atomic mass is 16.5. The van der Waals surface area contributed by atoms with E-state index in [2.05, 4.69) is 13.2 Å². The molecule has 4 nitrogen and oxygen atoms in total. The molecule has 1 aliphatic carbocycles. The average Bonchev–Trinajstić information content (AvgIpc) is 2.20. The lowest BCUT2D eigenvalue weighted by Gasteiger charge is -2.33. The molecule has 1 rings (SSSR count). The zero-order chi connectivity index (χ0) is 13.9. The number of hydrogen-bond acceptors (Lipinski definition) is 4. The Hall–Kier alpha value is -1.84. The van der Waals surface area contributed by atoms with E-state index in [1.165, 1.54) is 13.8 Å². The number of rotatable bonds is 3. The van der Waals surface area contributed by atoms with Gasteiger partial charge < -0.3 is 9.47 Å². The van der Waals surface area contributed by atoms with Crippen molar-refractivity contribution in [3.63, 3.8) is 0 Å². The fourth-order valence-electron chi connectivity index (χ4n) is 2.02. The van der Waals surface area contributed by atoms with Crippen molar-refractivity contribution in [1.29, 1.82) is 0 Å². The van der Waals surface area contributed by atoms with Crippen LogP contribution in [0.3, 0.4) is 0 Å². The van der Waals surface area contributed by atoms with Crippen LogP contribution in [0.25, 0.3) is 0 Å². The Morgan fingerprint density at radius 3 is 2.11 bits per heavy atom. The predicted molar refractivity (Wildman–Crippen MR) is 67.7 cm³/mol. The Morgan fingerprint density at radius 1 is 1.11 bits per heavy atom. The fourth-order valence-corrected chi connectivity index (χ4v) is 2.02. The third-order valence-corrected chi connectivity index (χ3v) is 2.69. The lowest BCUT2D eigenvalue weighted by atomic mass is 9.81. The van der Waals surface area contributed by atoms with Gasteiger partial charge >= 0.3 is 11.9 Å². The van der Waals surface area contributed by atoms with Gasteiger partial charge in [0.2, 0.25) is 0 Å². The van der Waals surface area contributed by atoms with Crippen molar-refractivity contribution in [2.45, 2.75) is 33.0 Å². The molecule has 0 spiro atoms. The van der Waals surface area contributed by atoms with Crippen LogP contribution < -0.4 is 0 Å². The lowest BCUT2D eigenvalue weighted by molar-refractivity contribution is -0.148. The van der Waals surface area contributed by atoms with E-state index in [9.17, 15) is 9.59 Å². The molecule has 0 aliphatic heterocycles. The molecule has 3 atom stereocenters. The molecule has 98 valence electrons. The fraction of sp³-hybridized carbons (Fsp3) is 0.429. The highest BCUT2D eigenvalue weighted by Gasteiger charge is 2.33. The number of carbonyl (C=O) groups excluding carboxylic acids is 2. The molecule has 0 aromatic carbocycles. The van der Waals surface area contributed by atoms with Gasteiger partial charge in [0, 0.05) is 19.8 Å². The molecule has 0 bridgehead atoms. The van der Waals surface area contributed by atoms with Crippen molar-refractivity contribution < 1.29 is 19.1 Å². The predicted octanol–water partition coefficient (Wildman–Crippen LogP) is 2.17. The molecule has 0 unspecified atom stereocenters. The van der Waals surface area contributed by atoms with E-state index in [1.807, 2.05) is 6.92 Å². The van der Waals surface area contributed by atoms with Gasteiger partial charge in [-0.05, 0) is 24.6 Å². The molecule has 0 heterocycles. The van der Waals surface area contributed by atoms with Crippen LogP contribution >= 0.6 is 0 Å². The monoisotopic (exact) mass is 250 g/mol. The van der Waals surface area contributed by atoms with Crippen LogP contribution in [-0.4, -0.2) is 24.1 Å². The third kappa shape index (κ3) is 3.32. The Bertz CT molecular complexity index is 420. The molecular formula is C14H18O4. The highest BCUT2D eigenvalue weighted by Crippen LogP contribution is 2.32. The number of esters is 2. The van der Waals surface area contributed by atoms with Crippen LogP contribution in [-0.2, 0) is 19.1 Å². The summed E-state index contributed by atoms with van der Waals surface area (Å²) in [5, 5.41) is 0. The largest absolute Gasteiger partial charge is 0.457 e. The van der Waals surface area contributed by atoms with Crippen molar-refractivity contribution in [3.8, 4) is 0 Å². The van der Waals surface area contributed by atoms with Crippen molar-refractivity contribution in [3.05, 3.63) is 36.5 Å². The van der Waals surface area contributed by atoms with Crippen LogP contribution in [0.2, 0.25) is 0 Å². The van der Waals surface area contributed by atoms with Crippen LogP contribution in [0, 0.1) is 5.92 Å². The maximum atomic E-state index is 11.0. The minimum Gasteiger partial charge on any atom is -0.457 e. The number of hydrogen-bond donors (Lipinski definition) is 0. The van der Waals surface area contributed by atoms with E-state index in [-0.39, 0.29) is 17.9 Å². The molecular weight excluding hydrogens is 232 g/mol. The maximum absolute atomic E-state index is 11.0. The highest BCUT2D eigenvalue weighted by molar-refractivity contribution is 5.67. The summed E-state index contributed by atoms with van der Waals surface area (Å²) in [5.74, 6) is -0.977. The van der Waals surface area contributed by atoms with E-state index in [0.717, 1.165) is 5.57 Å². The Balaban J connectivity index is 2.96. The lowest BCUT2D eigenvalue weighted by Crippen LogP contribution is -2.35. The Kier molecular flexibility index (Phi) is 4.48. The maximum Gasteiger partial charge on any atom is 0.303 e. The molecule has 0 amide bonds. The SMILES string of the molecule is C=C(C)[C@H]1C(=C)[C@@H](OC(C)=O)C=C[C@H]1OC(C)=O. The summed E-state index contributed by atoms with van der Waals surface area (Å²) in [6.07, 6.45) is 2.47. The van der Waals surface area contributed by atoms with E-state index in [4.69, 9.17) is 9.47 Å². The van der Waals surface area contributed by atoms with Crippen LogP contribution in [0.15, 0.2) is 36.5 Å². The average molecular weight is 250 g/mol. The molecule has 0 N–H and O–H groups in total. The topological polar surface area (TPSA) is 52.6 Å². The van der Waals surface area contributed by atoms with E-state index >= 15 is 0 Å². The van der Waals surface area contributed by atoms with Crippen molar-refractivity contribution >= 4 is 11.9 Å². The minimum atomic E-state index is -0.490. The first-order valence-corrected chi connectivity index (χ1v) is 5.69. The summed E-state index contributed by atoms with van der Waals surface area (Å²) in [6, 6.07) is 0. The van der Waals surface area contributed by atoms with E-state index in [1.54, 1.807) is 12.2 Å². The van der Waals surface area contributed by atoms with Gasteiger partial charge in [-0.2, -0.15) is 0 Å². The van der Waals surface area contributed by atoms with Crippen molar-refractivity contribution in [2.24, 2.45) is 5.92 Å². The number of carbonyl (C=O) groups is 2. The summed E-state index contributed by atoms with van der Waals surface area (Å²) < 4.78 is 10.3. The second-order valence-corrected chi connectivity index (χ2v) is 4.39. The summed E-state index contributed by atoms with van der Waals surface area (Å²) in [5.41, 5.74) is 1.49. The molecule has 4 heteroatoms. The molecule has 18 heavy (non-hydrogen) atoms. The zero-order valence-electron chi connectivity index (χ0n) is 10.9. The van der Waals surface area contributed by atoms with Gasteiger partial charge in [0.1, 0.15) is 12.2 Å². The smallest absolute Gasteiger partial charge is 0.303 e. The second kappa shape index (κ2) is 5.67. The molecule has 0 saturated heterocycles.